The second-order valence-electron chi connectivity index (χ2n) is 5.85. The maximum atomic E-state index is 12.9. The van der Waals surface area contributed by atoms with Crippen LogP contribution in [0.3, 0.4) is 0 Å². The fourth-order valence-electron chi connectivity index (χ4n) is 2.62. The van der Waals surface area contributed by atoms with Crippen LogP contribution in [0.2, 0.25) is 0 Å². The summed E-state index contributed by atoms with van der Waals surface area (Å²) < 4.78 is 44.0. The SMILES string of the molecule is COc1cc2c(N[C@H](C)c3cccc(C(F)(F)F)c3)nc(C)nc2cn1. The van der Waals surface area contributed by atoms with Crippen LogP contribution in [0, 0.1) is 6.92 Å². The molecule has 0 radical (unpaired) electrons. The van der Waals surface area contributed by atoms with Crippen molar-refractivity contribution in [2.45, 2.75) is 26.1 Å². The molecule has 0 amide bonds. The molecule has 1 atom stereocenters. The fraction of sp³-hybridized carbons (Fsp3) is 0.278. The largest absolute Gasteiger partial charge is 0.481 e. The first-order valence-corrected chi connectivity index (χ1v) is 7.90. The molecule has 0 bridgehead atoms. The number of nitrogens with one attached hydrogen (secondary N) is 1. The van der Waals surface area contributed by atoms with E-state index in [1.165, 1.54) is 13.2 Å². The number of hydrogen-bond acceptors (Lipinski definition) is 5. The Balaban J connectivity index is 1.98. The third-order valence-corrected chi connectivity index (χ3v) is 3.95. The van der Waals surface area contributed by atoms with Gasteiger partial charge >= 0.3 is 6.18 Å². The molecular formula is C18H17F3N4O. The van der Waals surface area contributed by atoms with E-state index in [0.717, 1.165) is 12.1 Å². The zero-order valence-electron chi connectivity index (χ0n) is 14.4. The Morgan fingerprint density at radius 3 is 2.62 bits per heavy atom. The molecule has 0 unspecified atom stereocenters. The highest BCUT2D eigenvalue weighted by Gasteiger charge is 2.30. The maximum absolute atomic E-state index is 12.9. The minimum absolute atomic E-state index is 0.394. The lowest BCUT2D eigenvalue weighted by atomic mass is 10.0. The van der Waals surface area contributed by atoms with Crippen molar-refractivity contribution in [1.82, 2.24) is 15.0 Å². The van der Waals surface area contributed by atoms with Gasteiger partial charge in [0.2, 0.25) is 5.88 Å². The normalized spacial score (nSPS) is 12.8. The Morgan fingerprint density at radius 1 is 1.15 bits per heavy atom. The highest BCUT2D eigenvalue weighted by molar-refractivity contribution is 5.89. The van der Waals surface area contributed by atoms with Crippen molar-refractivity contribution in [1.29, 1.82) is 0 Å². The number of rotatable bonds is 4. The van der Waals surface area contributed by atoms with Crippen LogP contribution >= 0.6 is 0 Å². The molecule has 3 rings (SSSR count). The Morgan fingerprint density at radius 2 is 1.92 bits per heavy atom. The van der Waals surface area contributed by atoms with Crippen LogP contribution in [0.1, 0.15) is 29.9 Å². The molecule has 0 aliphatic carbocycles. The van der Waals surface area contributed by atoms with E-state index in [-0.39, 0.29) is 0 Å². The predicted molar refractivity (Wildman–Crippen MR) is 92.1 cm³/mol. The van der Waals surface area contributed by atoms with Crippen LogP contribution in [-0.4, -0.2) is 22.1 Å². The third kappa shape index (κ3) is 3.68. The van der Waals surface area contributed by atoms with E-state index >= 15 is 0 Å². The van der Waals surface area contributed by atoms with Crippen molar-refractivity contribution in [3.8, 4) is 5.88 Å². The van der Waals surface area contributed by atoms with Crippen molar-refractivity contribution in [2.75, 3.05) is 12.4 Å². The van der Waals surface area contributed by atoms with Crippen molar-refractivity contribution < 1.29 is 17.9 Å². The molecule has 0 aliphatic heterocycles. The highest BCUT2D eigenvalue weighted by Crippen LogP contribution is 2.32. The van der Waals surface area contributed by atoms with Crippen LogP contribution < -0.4 is 10.1 Å². The van der Waals surface area contributed by atoms with E-state index in [1.54, 1.807) is 32.2 Å². The molecule has 0 aliphatic rings. The van der Waals surface area contributed by atoms with Gasteiger partial charge in [0.15, 0.2) is 0 Å². The second-order valence-corrected chi connectivity index (χ2v) is 5.85. The van der Waals surface area contributed by atoms with E-state index in [4.69, 9.17) is 4.74 Å². The first-order valence-electron chi connectivity index (χ1n) is 7.90. The molecule has 5 nitrogen and oxygen atoms in total. The molecule has 0 fully saturated rings. The van der Waals surface area contributed by atoms with E-state index in [9.17, 15) is 13.2 Å². The topological polar surface area (TPSA) is 59.9 Å². The summed E-state index contributed by atoms with van der Waals surface area (Å²) in [5.74, 6) is 1.45. The molecule has 0 spiro atoms. The van der Waals surface area contributed by atoms with Crippen molar-refractivity contribution in [2.24, 2.45) is 0 Å². The molecule has 1 aromatic carbocycles. The van der Waals surface area contributed by atoms with Gasteiger partial charge in [0.1, 0.15) is 11.6 Å². The number of anilines is 1. The zero-order chi connectivity index (χ0) is 18.9. The monoisotopic (exact) mass is 362 g/mol. The summed E-state index contributed by atoms with van der Waals surface area (Å²) in [4.78, 5) is 12.8. The first kappa shape index (κ1) is 17.9. The lowest BCUT2D eigenvalue weighted by Gasteiger charge is -2.18. The number of methoxy groups -OCH3 is 1. The molecule has 26 heavy (non-hydrogen) atoms. The fourth-order valence-corrected chi connectivity index (χ4v) is 2.62. The highest BCUT2D eigenvalue weighted by atomic mass is 19.4. The summed E-state index contributed by atoms with van der Waals surface area (Å²) in [6.45, 7) is 3.51. The lowest BCUT2D eigenvalue weighted by Crippen LogP contribution is -2.12. The number of benzene rings is 1. The van der Waals surface area contributed by atoms with Crippen LogP contribution in [-0.2, 0) is 6.18 Å². The minimum atomic E-state index is -4.38. The molecule has 0 saturated heterocycles. The van der Waals surface area contributed by atoms with Crippen molar-refractivity contribution >= 4 is 16.7 Å². The second kappa shape index (κ2) is 6.78. The lowest BCUT2D eigenvalue weighted by molar-refractivity contribution is -0.137. The molecule has 2 aromatic heterocycles. The number of aryl methyl sites for hydroxylation is 1. The number of pyridine rings is 1. The molecule has 0 saturated carbocycles. The van der Waals surface area contributed by atoms with Gasteiger partial charge in [-0.25, -0.2) is 15.0 Å². The predicted octanol–water partition coefficient (Wildman–Crippen LogP) is 4.53. The van der Waals surface area contributed by atoms with Gasteiger partial charge < -0.3 is 10.1 Å². The third-order valence-electron chi connectivity index (χ3n) is 3.95. The molecule has 2 heterocycles. The molecule has 3 aromatic rings. The van der Waals surface area contributed by atoms with Gasteiger partial charge in [0, 0.05) is 17.5 Å². The van der Waals surface area contributed by atoms with Gasteiger partial charge in [-0.05, 0) is 31.5 Å². The summed E-state index contributed by atoms with van der Waals surface area (Å²) in [7, 11) is 1.50. The van der Waals surface area contributed by atoms with Crippen molar-refractivity contribution in [3.63, 3.8) is 0 Å². The number of hydrogen-bond donors (Lipinski definition) is 1. The smallest absolute Gasteiger partial charge is 0.416 e. The number of aromatic nitrogens is 3. The van der Waals surface area contributed by atoms with Crippen LogP contribution in [0.25, 0.3) is 10.9 Å². The van der Waals surface area contributed by atoms with Gasteiger partial charge in [0.25, 0.3) is 0 Å². The standard InChI is InChI=1S/C18H17F3N4O/c1-10(12-5-4-6-13(7-12)18(19,20)21)23-17-14-8-16(26-3)22-9-15(14)24-11(2)25-17/h4-10H,1-3H3,(H,23,24,25)/t10-/m1/s1. The minimum Gasteiger partial charge on any atom is -0.481 e. The van der Waals surface area contributed by atoms with E-state index in [0.29, 0.717) is 34.0 Å². The van der Waals surface area contributed by atoms with E-state index in [2.05, 4.69) is 20.3 Å². The first-order chi connectivity index (χ1) is 12.3. The molecular weight excluding hydrogens is 345 g/mol. The molecule has 136 valence electrons. The molecule has 8 heteroatoms. The average molecular weight is 362 g/mol. The maximum Gasteiger partial charge on any atom is 0.416 e. The quantitative estimate of drug-likeness (QED) is 0.739. The Hall–Kier alpha value is -2.90. The van der Waals surface area contributed by atoms with E-state index in [1.807, 2.05) is 0 Å². The number of halogens is 3. The van der Waals surface area contributed by atoms with Crippen molar-refractivity contribution in [3.05, 3.63) is 53.5 Å². The van der Waals surface area contributed by atoms with Crippen LogP contribution in [0.4, 0.5) is 19.0 Å². The summed E-state index contributed by atoms with van der Waals surface area (Å²) in [5.41, 5.74) is 0.445. The Labute approximate surface area is 148 Å². The van der Waals surface area contributed by atoms with Gasteiger partial charge in [-0.15, -0.1) is 0 Å². The average Bonchev–Trinajstić information content (AvgIpc) is 2.60. The van der Waals surface area contributed by atoms with Crippen LogP contribution in [0.5, 0.6) is 5.88 Å². The summed E-state index contributed by atoms with van der Waals surface area (Å²) in [6, 6.07) is 6.52. The Bertz CT molecular complexity index is 943. The van der Waals surface area contributed by atoms with E-state index < -0.39 is 17.8 Å². The van der Waals surface area contributed by atoms with Crippen LogP contribution in [0.15, 0.2) is 36.5 Å². The zero-order valence-corrected chi connectivity index (χ0v) is 14.4. The van der Waals surface area contributed by atoms with Gasteiger partial charge in [-0.2, -0.15) is 13.2 Å². The summed E-state index contributed by atoms with van der Waals surface area (Å²) in [5, 5.41) is 3.85. The molecule has 1 N–H and O–H groups in total. The number of ether oxygens (including phenoxy) is 1. The number of alkyl halides is 3. The number of fused-ring (bicyclic) bond motifs is 1. The summed E-state index contributed by atoms with van der Waals surface area (Å²) in [6.07, 6.45) is -2.81. The summed E-state index contributed by atoms with van der Waals surface area (Å²) >= 11 is 0. The van der Waals surface area contributed by atoms with Gasteiger partial charge in [-0.1, -0.05) is 12.1 Å². The van der Waals surface area contributed by atoms with Gasteiger partial charge in [0.05, 0.1) is 24.4 Å². The number of nitrogens with zero attached hydrogens (tertiary/aromatic N) is 3. The Kier molecular flexibility index (Phi) is 4.67. The van der Waals surface area contributed by atoms with Gasteiger partial charge in [-0.3, -0.25) is 0 Å².